The summed E-state index contributed by atoms with van der Waals surface area (Å²) in [7, 11) is -3.50. The fourth-order valence-electron chi connectivity index (χ4n) is 12.9. The van der Waals surface area contributed by atoms with Crippen LogP contribution in [0.1, 0.15) is 186 Å². The van der Waals surface area contributed by atoms with Gasteiger partial charge < -0.3 is 17.7 Å². The van der Waals surface area contributed by atoms with Crippen molar-refractivity contribution in [3.8, 4) is 23.0 Å². The summed E-state index contributed by atoms with van der Waals surface area (Å²) in [6.45, 7) is 21.9. The molecule has 0 aliphatic carbocycles. The van der Waals surface area contributed by atoms with E-state index in [0.717, 1.165) is 62.3 Å². The van der Waals surface area contributed by atoms with Gasteiger partial charge in [-0.05, 0) is 185 Å². The number of aryl methyl sites for hydroxylation is 1. The van der Waals surface area contributed by atoms with E-state index in [4.69, 9.17) is 17.7 Å². The molecule has 0 unspecified atom stereocenters. The van der Waals surface area contributed by atoms with E-state index in [2.05, 4.69) is 72.2 Å². The van der Waals surface area contributed by atoms with Gasteiger partial charge in [-0.15, -0.1) is 0 Å². The average Bonchev–Trinajstić information content (AvgIpc) is 1.54. The molecule has 0 saturated carbocycles. The number of benzene rings is 8. The van der Waals surface area contributed by atoms with Gasteiger partial charge in [-0.3, -0.25) is 62.6 Å². The molecule has 21 heteroatoms. The molecule has 18 nitrogen and oxygen atoms in total. The highest BCUT2D eigenvalue weighted by Crippen LogP contribution is 2.38. The quantitative estimate of drug-likeness (QED) is 0.0350. The molecule has 0 aromatic heterocycles. The summed E-state index contributed by atoms with van der Waals surface area (Å²) in [4.78, 5) is 134. The molecule has 0 spiro atoms. The molecule has 0 fully saturated rings. The van der Waals surface area contributed by atoms with Crippen LogP contribution in [0.15, 0.2) is 170 Å². The molecule has 4 heterocycles. The first-order chi connectivity index (χ1) is 46.3. The smallest absolute Gasteiger partial charge is 0.311 e. The molecule has 12 rings (SSSR count). The number of unbranched alkanes of at least 4 members (excludes halogenated alkanes) is 1. The molecule has 8 amide bonds. The summed E-state index contributed by atoms with van der Waals surface area (Å²) in [6, 6.07) is 49.9. The molecule has 0 N–H and O–H groups in total. The van der Waals surface area contributed by atoms with Crippen LogP contribution >= 0.6 is 0 Å². The summed E-state index contributed by atoms with van der Waals surface area (Å²) < 4.78 is 25.4. The summed E-state index contributed by atoms with van der Waals surface area (Å²) in [5.74, 6) is -1.82. The van der Waals surface area contributed by atoms with Gasteiger partial charge in [0.15, 0.2) is 28.2 Å². The van der Waals surface area contributed by atoms with Gasteiger partial charge >= 0.3 is 8.56 Å². The molecule has 4 aliphatic rings. The molecule has 516 valence electrons. The first kappa shape index (κ1) is 74.1. The van der Waals surface area contributed by atoms with Crippen LogP contribution in [-0.2, 0) is 13.6 Å². The molecular formula is C79H84N4O14Si3. The maximum atomic E-state index is 13.5. The van der Waals surface area contributed by atoms with Crippen molar-refractivity contribution < 1.29 is 65.6 Å². The highest BCUT2D eigenvalue weighted by molar-refractivity contribution is 6.87. The Hall–Kier alpha value is -10.2. The van der Waals surface area contributed by atoms with E-state index in [9.17, 15) is 47.9 Å². The van der Waals surface area contributed by atoms with Crippen LogP contribution in [0.2, 0.25) is 51.4 Å². The predicted molar refractivity (Wildman–Crippen MR) is 392 cm³/mol. The number of fused-ring (bicyclic) bond motifs is 4. The predicted octanol–water partition coefficient (Wildman–Crippen LogP) is 16.5. The van der Waals surface area contributed by atoms with Crippen molar-refractivity contribution in [2.75, 3.05) is 25.5 Å². The number of carbonyl (C=O) groups is 10. The van der Waals surface area contributed by atoms with Crippen molar-refractivity contribution in [1.82, 2.24) is 14.7 Å². The Kier molecular flexibility index (Phi) is 21.4. The third-order valence-corrected chi connectivity index (χ3v) is 29.6. The first-order valence-corrected chi connectivity index (χ1v) is 41.6. The van der Waals surface area contributed by atoms with Gasteiger partial charge in [0.2, 0.25) is 0 Å². The summed E-state index contributed by atoms with van der Waals surface area (Å²) >= 11 is 0. The Morgan fingerprint density at radius 1 is 0.400 bits per heavy atom. The van der Waals surface area contributed by atoms with Gasteiger partial charge in [0, 0.05) is 48.3 Å². The Labute approximate surface area is 587 Å². The molecule has 0 atom stereocenters. The van der Waals surface area contributed by atoms with Crippen LogP contribution in [-0.4, -0.2) is 119 Å². The fraction of sp³-hybridized carbons (Fsp3) is 0.266. The second-order valence-electron chi connectivity index (χ2n) is 27.3. The lowest BCUT2D eigenvalue weighted by Gasteiger charge is -2.39. The fourth-order valence-corrected chi connectivity index (χ4v) is 27.1. The first-order valence-electron chi connectivity index (χ1n) is 32.5. The van der Waals surface area contributed by atoms with Crippen molar-refractivity contribution in [3.63, 3.8) is 0 Å². The minimum atomic E-state index is -2.34. The highest BCUT2D eigenvalue weighted by Gasteiger charge is 2.42. The number of carbonyl (C=O) groups excluding carboxylic acids is 10. The largest absolute Gasteiger partial charge is 0.457 e. The zero-order chi connectivity index (χ0) is 70.5. The van der Waals surface area contributed by atoms with Crippen LogP contribution in [0.4, 0.5) is 5.69 Å². The topological polar surface area (TPSA) is 221 Å². The third-order valence-electron chi connectivity index (χ3n) is 18.2. The summed E-state index contributed by atoms with van der Waals surface area (Å²) in [5, 5.41) is 0. The SMILES string of the molecule is C.C.CCCC[Si](C)(C)O[Si](C)(C)O[Si](C)(C)CCCN1C(=O)c2ccc(C(=O)c3ccc4c(c3)C(=O)N(C)C4=O)cc2C1=O.Cc1ccc(Oc2ccc(C(C)(C)c3ccc(Oc4ccc(N5C(=O)c6ccc(C(=O)c7ccc8c(c7)C(=O)N(C)C8=O)cc6C5=O)cc4)cc3)cc2)cc1. The summed E-state index contributed by atoms with van der Waals surface area (Å²) in [5.41, 5.74) is 5.82. The number of hydrogen-bond acceptors (Lipinski definition) is 14. The summed E-state index contributed by atoms with van der Waals surface area (Å²) in [6.07, 6.45) is 2.93. The minimum absolute atomic E-state index is 0. The second kappa shape index (κ2) is 29.0. The van der Waals surface area contributed by atoms with E-state index >= 15 is 0 Å². The minimum Gasteiger partial charge on any atom is -0.457 e. The van der Waals surface area contributed by atoms with Crippen LogP contribution in [0.5, 0.6) is 23.0 Å². The van der Waals surface area contributed by atoms with E-state index in [1.807, 2.05) is 67.6 Å². The van der Waals surface area contributed by atoms with E-state index < -0.39 is 78.1 Å². The lowest BCUT2D eigenvalue weighted by molar-refractivity contribution is 0.0646. The molecular weight excluding hydrogens is 1310 g/mol. The van der Waals surface area contributed by atoms with Crippen LogP contribution < -0.4 is 14.4 Å². The van der Waals surface area contributed by atoms with Gasteiger partial charge in [-0.1, -0.05) is 115 Å². The zero-order valence-electron chi connectivity index (χ0n) is 56.9. The van der Waals surface area contributed by atoms with E-state index in [1.165, 1.54) is 97.4 Å². The van der Waals surface area contributed by atoms with Crippen molar-refractivity contribution in [2.45, 2.75) is 119 Å². The molecule has 4 aliphatic heterocycles. The zero-order valence-corrected chi connectivity index (χ0v) is 59.9. The van der Waals surface area contributed by atoms with E-state index in [1.54, 1.807) is 24.3 Å². The lowest BCUT2D eigenvalue weighted by Crippen LogP contribution is -2.52. The molecule has 100 heavy (non-hydrogen) atoms. The van der Waals surface area contributed by atoms with Gasteiger partial charge in [-0.2, -0.15) is 0 Å². The van der Waals surface area contributed by atoms with E-state index in [-0.39, 0.29) is 99.5 Å². The Balaban J connectivity index is 0.000000236. The third kappa shape index (κ3) is 15.0. The maximum Gasteiger partial charge on any atom is 0.311 e. The van der Waals surface area contributed by atoms with Crippen molar-refractivity contribution in [1.29, 1.82) is 0 Å². The monoisotopic (exact) mass is 1400 g/mol. The molecule has 0 saturated heterocycles. The highest BCUT2D eigenvalue weighted by atomic mass is 28.5. The van der Waals surface area contributed by atoms with Gasteiger partial charge in [0.1, 0.15) is 23.0 Å². The lowest BCUT2D eigenvalue weighted by atomic mass is 9.78. The number of ether oxygens (including phenoxy) is 2. The molecule has 8 aromatic rings. The molecule has 0 bridgehead atoms. The van der Waals surface area contributed by atoms with Crippen LogP contribution in [0.25, 0.3) is 0 Å². The van der Waals surface area contributed by atoms with Crippen molar-refractivity contribution in [2.24, 2.45) is 0 Å². The second-order valence-corrected chi connectivity index (χ2v) is 39.7. The Bertz CT molecular complexity index is 4620. The Morgan fingerprint density at radius 2 is 0.710 bits per heavy atom. The average molecular weight is 1400 g/mol. The maximum absolute atomic E-state index is 13.5. The number of amides is 8. The molecule has 8 aromatic carbocycles. The van der Waals surface area contributed by atoms with Crippen molar-refractivity contribution >= 4 is 89.7 Å². The van der Waals surface area contributed by atoms with Gasteiger partial charge in [0.25, 0.3) is 47.3 Å². The normalized spacial score (nSPS) is 14.1. The number of rotatable bonds is 22. The Morgan fingerprint density at radius 3 is 1.11 bits per heavy atom. The molecule has 0 radical (unpaired) electrons. The standard InChI is InChI=1S/C46H34N2O7.C31H42N2O7Si3.2CH4/c1-27-5-15-33(16-6-27)54-34-17-9-30(10-18-34)46(2,3)31-11-19-35(20-12-31)55-36-21-13-32(14-22-36)48-44(52)38-24-8-29(26-40(38)45(48)53)41(49)28-7-23-37-39(25-28)43(51)47(4)42(37)50;1-9-10-17-41(3,4)39-43(7,8)40-42(5,6)18-11-16-33-30(37)24-15-13-22(20-26(24)31(33)38)27(34)21-12-14-23-25(19-21)29(36)32(2)28(23)35;;/h5-26H,1-4H3;12-15,19-20H,9-11,16-18H2,1-8H3;2*1H4. The van der Waals surface area contributed by atoms with Crippen LogP contribution in [0, 0.1) is 6.92 Å². The number of nitrogens with zero attached hydrogens (tertiary/aromatic N) is 4. The van der Waals surface area contributed by atoms with Crippen molar-refractivity contribution in [3.05, 3.63) is 253 Å². The number of anilines is 1. The number of imide groups is 4. The van der Waals surface area contributed by atoms with Gasteiger partial charge in [-0.25, -0.2) is 4.90 Å². The van der Waals surface area contributed by atoms with Crippen LogP contribution in [0.3, 0.4) is 0 Å². The van der Waals surface area contributed by atoms with Gasteiger partial charge in [0.05, 0.1) is 50.2 Å². The number of ketones is 2. The number of hydrogen-bond donors (Lipinski definition) is 0. The van der Waals surface area contributed by atoms with E-state index in [0.29, 0.717) is 23.6 Å².